The van der Waals surface area contributed by atoms with Crippen molar-refractivity contribution in [1.82, 2.24) is 24.3 Å². The van der Waals surface area contributed by atoms with E-state index >= 15 is 0 Å². The van der Waals surface area contributed by atoms with Crippen LogP contribution < -0.4 is 27.7 Å². The average molecular weight is 916 g/mol. The first kappa shape index (κ1) is 54.7. The molecule has 16 heteroatoms. The number of nitrogens with zero attached hydrogens (tertiary/aromatic N) is 3. The number of carbonyl (C=O) groups excluding carboxylic acids is 4. The number of amides is 2. The molecule has 0 bridgehead atoms. The van der Waals surface area contributed by atoms with Crippen LogP contribution in [0.4, 0.5) is 9.59 Å². The third kappa shape index (κ3) is 16.0. The first-order valence-corrected chi connectivity index (χ1v) is 23.5. The Kier molecular flexibility index (Phi) is 18.7. The Labute approximate surface area is 386 Å². The largest absolute Gasteiger partial charge is 0.459 e. The molecule has 16 nitrogen and oxygen atoms in total. The Morgan fingerprint density at radius 2 is 0.846 bits per heavy atom. The molecule has 1 heterocycles. The molecule has 0 saturated heterocycles. The van der Waals surface area contributed by atoms with Gasteiger partial charge in [-0.3, -0.25) is 0 Å². The number of nitrogens with one attached hydrogen (secondary N) is 2. The second-order valence-corrected chi connectivity index (χ2v) is 22.3. The Balaban J connectivity index is 0.00000553. The van der Waals surface area contributed by atoms with Crippen LogP contribution in [-0.4, -0.2) is 76.3 Å². The first-order valence-electron chi connectivity index (χ1n) is 23.5. The van der Waals surface area contributed by atoms with E-state index in [1.54, 1.807) is 0 Å². The number of alkyl carbamates (subject to hydrolysis) is 2. The fourth-order valence-electron chi connectivity index (χ4n) is 12.3. The third-order valence-corrected chi connectivity index (χ3v) is 13.1. The zero-order chi connectivity index (χ0) is 49.2. The van der Waals surface area contributed by atoms with E-state index in [0.29, 0.717) is 44.4 Å². The van der Waals surface area contributed by atoms with E-state index < -0.39 is 57.4 Å². The number of ether oxygens (including phenoxy) is 4. The smallest absolute Gasteiger partial charge is 0.407 e. The minimum Gasteiger partial charge on any atom is -0.459 e. The number of esters is 2. The Morgan fingerprint density at radius 3 is 1.17 bits per heavy atom. The van der Waals surface area contributed by atoms with Gasteiger partial charge in [0.1, 0.15) is 26.4 Å². The van der Waals surface area contributed by atoms with Crippen LogP contribution >= 0.6 is 0 Å². The predicted octanol–water partition coefficient (Wildman–Crippen LogP) is 7.52. The highest BCUT2D eigenvalue weighted by molar-refractivity contribution is 5.81. The number of rotatable bonds is 17. The molecule has 3 aliphatic carbocycles. The molecular weight excluding hydrogens is 835 g/mol. The minimum absolute atomic E-state index is 0.00846. The van der Waals surface area contributed by atoms with Crippen molar-refractivity contribution in [2.45, 2.75) is 179 Å². The molecule has 2 amide bonds. The van der Waals surface area contributed by atoms with Gasteiger partial charge in [-0.2, -0.15) is 0 Å². The zero-order valence-corrected chi connectivity index (χ0v) is 41.7. The van der Waals surface area contributed by atoms with Crippen molar-refractivity contribution in [3.05, 3.63) is 56.8 Å². The first-order chi connectivity index (χ1) is 30.1. The van der Waals surface area contributed by atoms with Crippen molar-refractivity contribution in [3.63, 3.8) is 0 Å². The van der Waals surface area contributed by atoms with Gasteiger partial charge in [0.15, 0.2) is 0 Å². The fraction of sp³-hybridized carbons (Fsp3) is 0.776. The summed E-state index contributed by atoms with van der Waals surface area (Å²) in [4.78, 5) is 93.2. The summed E-state index contributed by atoms with van der Waals surface area (Å²) < 4.78 is 24.2. The lowest BCUT2D eigenvalue weighted by molar-refractivity contribution is -0.139. The molecule has 0 spiro atoms. The summed E-state index contributed by atoms with van der Waals surface area (Å²) in [5.41, 5.74) is -4.31. The summed E-state index contributed by atoms with van der Waals surface area (Å²) in [5.74, 6) is -0.819. The van der Waals surface area contributed by atoms with Crippen LogP contribution in [0.2, 0.25) is 0 Å². The van der Waals surface area contributed by atoms with E-state index in [4.69, 9.17) is 18.9 Å². The maximum Gasteiger partial charge on any atom is 0.407 e. The standard InChI is InChI=1S/C47H75N5O11.C2H6/c1-13-32-20-42(4,5)26-45(10,21-32)29-50-39(57)51(30-46(11)24-33(22-43(6,7)27-46)48-37(55)62-18-16-60-35(53)14-2)41(59)52(40(50)58)31-47(12)25-34(23-44(8,9)28-47)49-38(56)63-19-17-61-36(54)15-3;1-2/h14-15,32-34H,2-3,13,16-31H2,1,4-12H3,(H,48,55)(H,49,56);1-2H3. The maximum atomic E-state index is 14.9. The molecule has 3 fully saturated rings. The number of carbonyl (C=O) groups is 4. The van der Waals surface area contributed by atoms with Gasteiger partial charge in [-0.15, -0.1) is 0 Å². The van der Waals surface area contributed by atoms with E-state index in [9.17, 15) is 33.6 Å². The summed E-state index contributed by atoms with van der Waals surface area (Å²) in [5, 5.41) is 5.90. The van der Waals surface area contributed by atoms with Crippen molar-refractivity contribution >= 4 is 24.1 Å². The summed E-state index contributed by atoms with van der Waals surface area (Å²) in [6.45, 7) is 31.5. The van der Waals surface area contributed by atoms with Crippen molar-refractivity contribution < 1.29 is 38.1 Å². The second kappa shape index (κ2) is 22.2. The highest BCUT2D eigenvalue weighted by Gasteiger charge is 2.46. The molecule has 1 aromatic rings. The number of hydrogen-bond donors (Lipinski definition) is 2. The van der Waals surface area contributed by atoms with Gasteiger partial charge < -0.3 is 29.6 Å². The second-order valence-electron chi connectivity index (χ2n) is 22.3. The van der Waals surface area contributed by atoms with Crippen LogP contribution in [0.1, 0.15) is 147 Å². The molecule has 4 rings (SSSR count). The van der Waals surface area contributed by atoms with Gasteiger partial charge in [-0.05, 0) is 96.2 Å². The molecule has 65 heavy (non-hydrogen) atoms. The van der Waals surface area contributed by atoms with E-state index in [2.05, 4.69) is 79.2 Å². The van der Waals surface area contributed by atoms with Gasteiger partial charge in [-0.1, -0.05) is 103 Å². The van der Waals surface area contributed by atoms with Gasteiger partial charge in [0.2, 0.25) is 0 Å². The minimum atomic E-state index is -0.688. The molecular formula is C49H81N5O11. The quantitative estimate of drug-likeness (QED) is 0.0679. The lowest BCUT2D eigenvalue weighted by Crippen LogP contribution is -2.60. The molecule has 1 aromatic heterocycles. The van der Waals surface area contributed by atoms with Crippen LogP contribution in [0.5, 0.6) is 0 Å². The van der Waals surface area contributed by atoms with E-state index in [1.807, 2.05) is 27.7 Å². The van der Waals surface area contributed by atoms with Gasteiger partial charge >= 0.3 is 41.2 Å². The van der Waals surface area contributed by atoms with Gasteiger partial charge in [0, 0.05) is 43.9 Å². The van der Waals surface area contributed by atoms with Crippen LogP contribution in [0.25, 0.3) is 0 Å². The summed E-state index contributed by atoms with van der Waals surface area (Å²) in [7, 11) is 0. The van der Waals surface area contributed by atoms with Crippen LogP contribution in [0.15, 0.2) is 39.7 Å². The number of aromatic nitrogens is 3. The van der Waals surface area contributed by atoms with Crippen LogP contribution in [0, 0.1) is 38.4 Å². The number of hydrogen-bond acceptors (Lipinski definition) is 11. The van der Waals surface area contributed by atoms with Crippen LogP contribution in [-0.2, 0) is 48.2 Å². The SMILES string of the molecule is C=CC(=O)OCCOC(=O)NC1CC(C)(C)CC(C)(Cn2c(=O)n(CC3(C)CC(CC)CC(C)(C)C3)c(=O)n(CC3(C)CC(NC(=O)OCCOC(=O)C=C)CC(C)(C)C3)c2=O)C1.CC. The monoisotopic (exact) mass is 916 g/mol. The summed E-state index contributed by atoms with van der Waals surface area (Å²) >= 11 is 0. The van der Waals surface area contributed by atoms with Crippen molar-refractivity contribution in [1.29, 1.82) is 0 Å². The molecule has 3 aliphatic rings. The normalized spacial score (nSPS) is 27.7. The molecule has 6 atom stereocenters. The zero-order valence-electron chi connectivity index (χ0n) is 41.7. The van der Waals surface area contributed by atoms with Crippen molar-refractivity contribution in [2.24, 2.45) is 38.4 Å². The molecule has 0 aromatic carbocycles. The van der Waals surface area contributed by atoms with Crippen molar-refractivity contribution in [3.8, 4) is 0 Å². The predicted molar refractivity (Wildman–Crippen MR) is 250 cm³/mol. The van der Waals surface area contributed by atoms with E-state index in [1.165, 1.54) is 13.7 Å². The summed E-state index contributed by atoms with van der Waals surface area (Å²) in [6.07, 6.45) is 7.75. The van der Waals surface area contributed by atoms with Gasteiger partial charge in [0.05, 0.1) is 0 Å². The molecule has 3 saturated carbocycles. The lowest BCUT2D eigenvalue weighted by atomic mass is 9.60. The maximum absolute atomic E-state index is 14.9. The fourth-order valence-corrected chi connectivity index (χ4v) is 12.3. The summed E-state index contributed by atoms with van der Waals surface area (Å²) in [6, 6.07) is -0.719. The van der Waals surface area contributed by atoms with E-state index in [0.717, 1.165) is 37.8 Å². The lowest BCUT2D eigenvalue weighted by Gasteiger charge is -2.48. The van der Waals surface area contributed by atoms with Crippen LogP contribution in [0.3, 0.4) is 0 Å². The molecule has 0 radical (unpaired) electrons. The Morgan fingerprint density at radius 1 is 0.538 bits per heavy atom. The highest BCUT2D eigenvalue weighted by atomic mass is 16.6. The van der Waals surface area contributed by atoms with Gasteiger partial charge in [-0.25, -0.2) is 47.3 Å². The Hall–Kier alpha value is -4.63. The highest BCUT2D eigenvalue weighted by Crippen LogP contribution is 2.51. The molecule has 2 N–H and O–H groups in total. The van der Waals surface area contributed by atoms with Crippen molar-refractivity contribution in [2.75, 3.05) is 26.4 Å². The van der Waals surface area contributed by atoms with Gasteiger partial charge in [0.25, 0.3) is 0 Å². The molecule has 368 valence electrons. The molecule has 6 unspecified atom stereocenters. The Bertz CT molecular complexity index is 1930. The topological polar surface area (TPSA) is 195 Å². The third-order valence-electron chi connectivity index (χ3n) is 13.1. The van der Waals surface area contributed by atoms with E-state index in [-0.39, 0.29) is 74.4 Å². The molecule has 0 aliphatic heterocycles. The average Bonchev–Trinajstić information content (AvgIpc) is 3.18.